The number of ether oxygens (including phenoxy) is 4. The van der Waals surface area contributed by atoms with Gasteiger partial charge in [0, 0.05) is 25.1 Å². The van der Waals surface area contributed by atoms with E-state index in [2.05, 4.69) is 27.7 Å². The van der Waals surface area contributed by atoms with Crippen molar-refractivity contribution in [2.75, 3.05) is 71.3 Å². The van der Waals surface area contributed by atoms with E-state index in [0.717, 1.165) is 50.2 Å². The van der Waals surface area contributed by atoms with Crippen LogP contribution in [0.25, 0.3) is 0 Å². The second-order valence-corrected chi connectivity index (χ2v) is 7.90. The average molecular weight is 512 g/mol. The second-order valence-electron chi connectivity index (χ2n) is 7.49. The Hall–Kier alpha value is -2.31. The summed E-state index contributed by atoms with van der Waals surface area (Å²) in [4.78, 5) is 4.31. The first-order valence-corrected chi connectivity index (χ1v) is 12.5. The molecule has 11 heteroatoms. The van der Waals surface area contributed by atoms with Gasteiger partial charge in [0.25, 0.3) is 0 Å². The van der Waals surface area contributed by atoms with Gasteiger partial charge in [0.15, 0.2) is 5.11 Å². The van der Waals surface area contributed by atoms with Gasteiger partial charge in [-0.05, 0) is 62.2 Å². The Labute approximate surface area is 214 Å². The van der Waals surface area contributed by atoms with E-state index in [0.29, 0.717) is 57.9 Å². The molecule has 0 spiro atoms. The number of thiocarbonyl (C=S) groups is 1. The number of nitrogens with one attached hydrogen (secondary N) is 2. The van der Waals surface area contributed by atoms with Gasteiger partial charge in [-0.15, -0.1) is 0 Å². The number of benzene rings is 1. The van der Waals surface area contributed by atoms with E-state index in [1.807, 2.05) is 0 Å². The normalized spacial score (nSPS) is 11.7. The average Bonchev–Trinajstić information content (AvgIpc) is 2.86. The molecule has 0 bridgehead atoms. The molecule has 0 aromatic heterocycles. The molecule has 0 amide bonds. The standard InChI is InChI=1S/C24H41N5O5S/c1-2-12-31-14-16-33-18-19-34-17-15-32-13-11-26-20-22(29-25)5-3-4-10-27-24(35)28-21-6-8-23(30)9-7-21/h6-9,20,30H,2-5,10-19,25H2,1H3,(H2,27,28,35)/b26-20?,29-22-. The summed E-state index contributed by atoms with van der Waals surface area (Å²) in [6.07, 6.45) is 5.27. The highest BCUT2D eigenvalue weighted by atomic mass is 32.1. The van der Waals surface area contributed by atoms with E-state index >= 15 is 0 Å². The van der Waals surface area contributed by atoms with Gasteiger partial charge in [-0.2, -0.15) is 5.10 Å². The minimum absolute atomic E-state index is 0.217. The molecule has 0 saturated heterocycles. The SMILES string of the molecule is CCCOCCOCCOCCOCCN=C/C(CCCCNC(=S)Nc1ccc(O)cc1)=N\N. The molecule has 10 nitrogen and oxygen atoms in total. The zero-order chi connectivity index (χ0) is 25.4. The first-order valence-electron chi connectivity index (χ1n) is 12.1. The number of anilines is 1. The number of phenols is 1. The highest BCUT2D eigenvalue weighted by Gasteiger charge is 2.00. The predicted octanol–water partition coefficient (Wildman–Crippen LogP) is 2.71. The minimum atomic E-state index is 0.217. The largest absolute Gasteiger partial charge is 0.508 e. The predicted molar refractivity (Wildman–Crippen MR) is 145 cm³/mol. The molecule has 0 radical (unpaired) electrons. The van der Waals surface area contributed by atoms with Crippen LogP contribution >= 0.6 is 12.2 Å². The molecule has 0 aliphatic rings. The van der Waals surface area contributed by atoms with Gasteiger partial charge in [-0.25, -0.2) is 0 Å². The summed E-state index contributed by atoms with van der Waals surface area (Å²) in [5.74, 6) is 5.68. The van der Waals surface area contributed by atoms with Crippen LogP contribution in [0.15, 0.2) is 34.4 Å². The molecule has 0 heterocycles. The molecular weight excluding hydrogens is 470 g/mol. The van der Waals surface area contributed by atoms with Crippen LogP contribution in [-0.2, 0) is 18.9 Å². The summed E-state index contributed by atoms with van der Waals surface area (Å²) in [6, 6.07) is 6.73. The number of hydrogen-bond donors (Lipinski definition) is 4. The molecule has 0 unspecified atom stereocenters. The molecule has 1 rings (SSSR count). The molecule has 35 heavy (non-hydrogen) atoms. The van der Waals surface area contributed by atoms with Gasteiger partial charge < -0.3 is 40.5 Å². The van der Waals surface area contributed by atoms with Crippen molar-refractivity contribution in [1.29, 1.82) is 0 Å². The third kappa shape index (κ3) is 18.7. The lowest BCUT2D eigenvalue weighted by molar-refractivity contribution is -0.000868. The highest BCUT2D eigenvalue weighted by Crippen LogP contribution is 2.13. The van der Waals surface area contributed by atoms with Crippen LogP contribution in [0.2, 0.25) is 0 Å². The van der Waals surface area contributed by atoms with Crippen molar-refractivity contribution in [2.45, 2.75) is 32.6 Å². The van der Waals surface area contributed by atoms with Crippen LogP contribution in [0.5, 0.6) is 5.75 Å². The van der Waals surface area contributed by atoms with Crippen molar-refractivity contribution in [1.82, 2.24) is 5.32 Å². The Morgan fingerprint density at radius 3 is 2.14 bits per heavy atom. The van der Waals surface area contributed by atoms with Crippen LogP contribution in [0.3, 0.4) is 0 Å². The van der Waals surface area contributed by atoms with Crippen molar-refractivity contribution in [3.63, 3.8) is 0 Å². The van der Waals surface area contributed by atoms with Gasteiger partial charge in [0.1, 0.15) is 5.75 Å². The maximum atomic E-state index is 9.30. The van der Waals surface area contributed by atoms with E-state index in [4.69, 9.17) is 37.0 Å². The number of hydrazone groups is 1. The van der Waals surface area contributed by atoms with Crippen LogP contribution in [-0.4, -0.2) is 88.1 Å². The van der Waals surface area contributed by atoms with E-state index in [9.17, 15) is 5.11 Å². The Morgan fingerprint density at radius 1 is 0.943 bits per heavy atom. The zero-order valence-corrected chi connectivity index (χ0v) is 21.6. The van der Waals surface area contributed by atoms with Crippen molar-refractivity contribution in [2.24, 2.45) is 15.9 Å². The molecular formula is C24H41N5O5S. The van der Waals surface area contributed by atoms with Crippen LogP contribution in [0, 0.1) is 0 Å². The van der Waals surface area contributed by atoms with Gasteiger partial charge in [-0.3, -0.25) is 4.99 Å². The number of nitrogens with two attached hydrogens (primary N) is 1. The summed E-state index contributed by atoms with van der Waals surface area (Å²) in [5.41, 5.74) is 1.57. The number of aliphatic imine (C=N–C) groups is 1. The van der Waals surface area contributed by atoms with Crippen molar-refractivity contribution < 1.29 is 24.1 Å². The molecule has 0 atom stereocenters. The van der Waals surface area contributed by atoms with E-state index in [-0.39, 0.29) is 5.75 Å². The summed E-state index contributed by atoms with van der Waals surface area (Å²) in [6.45, 7) is 8.00. The zero-order valence-electron chi connectivity index (χ0n) is 20.7. The highest BCUT2D eigenvalue weighted by molar-refractivity contribution is 7.80. The topological polar surface area (TPSA) is 132 Å². The first kappa shape index (κ1) is 30.7. The third-order valence-corrected chi connectivity index (χ3v) is 4.75. The summed E-state index contributed by atoms with van der Waals surface area (Å²) >= 11 is 5.26. The quantitative estimate of drug-likeness (QED) is 0.0491. The van der Waals surface area contributed by atoms with Crippen molar-refractivity contribution in [3.05, 3.63) is 24.3 Å². The monoisotopic (exact) mass is 511 g/mol. The fourth-order valence-corrected chi connectivity index (χ4v) is 2.93. The van der Waals surface area contributed by atoms with E-state index in [1.54, 1.807) is 30.5 Å². The summed E-state index contributed by atoms with van der Waals surface area (Å²) < 4.78 is 21.7. The summed E-state index contributed by atoms with van der Waals surface area (Å²) in [7, 11) is 0. The van der Waals surface area contributed by atoms with Crippen molar-refractivity contribution >= 4 is 34.9 Å². The maximum absolute atomic E-state index is 9.30. The van der Waals surface area contributed by atoms with Crippen LogP contribution in [0.4, 0.5) is 5.69 Å². The Bertz CT molecular complexity index is 719. The number of rotatable bonds is 21. The Kier molecular flexibility index (Phi) is 19.5. The molecule has 1 aromatic carbocycles. The first-order chi connectivity index (χ1) is 17.2. The van der Waals surface area contributed by atoms with Gasteiger partial charge >= 0.3 is 0 Å². The smallest absolute Gasteiger partial charge is 0.170 e. The van der Waals surface area contributed by atoms with E-state index < -0.39 is 0 Å². The fourth-order valence-electron chi connectivity index (χ4n) is 2.71. The lowest BCUT2D eigenvalue weighted by atomic mass is 10.2. The number of hydrogen-bond acceptors (Lipinski definition) is 9. The number of nitrogens with zero attached hydrogens (tertiary/aromatic N) is 2. The number of phenolic OH excluding ortho intramolecular Hbond substituents is 1. The summed E-state index contributed by atoms with van der Waals surface area (Å²) in [5, 5.41) is 19.9. The minimum Gasteiger partial charge on any atom is -0.508 e. The fraction of sp³-hybridized carbons (Fsp3) is 0.625. The van der Waals surface area contributed by atoms with E-state index in [1.165, 1.54) is 0 Å². The lowest BCUT2D eigenvalue weighted by Crippen LogP contribution is -2.29. The molecule has 0 aliphatic heterocycles. The van der Waals surface area contributed by atoms with Crippen LogP contribution in [0.1, 0.15) is 32.6 Å². The lowest BCUT2D eigenvalue weighted by Gasteiger charge is -2.10. The Balaban J connectivity index is 1.93. The number of unbranched alkanes of at least 4 members (excludes halogenated alkanes) is 1. The molecule has 0 aliphatic carbocycles. The molecule has 0 saturated carbocycles. The maximum Gasteiger partial charge on any atom is 0.170 e. The third-order valence-electron chi connectivity index (χ3n) is 4.51. The molecule has 0 fully saturated rings. The molecule has 198 valence electrons. The molecule has 1 aromatic rings. The van der Waals surface area contributed by atoms with Gasteiger partial charge in [0.05, 0.1) is 58.5 Å². The Morgan fingerprint density at radius 2 is 1.54 bits per heavy atom. The molecule has 5 N–H and O–H groups in total. The van der Waals surface area contributed by atoms with Crippen LogP contribution < -0.4 is 16.5 Å². The van der Waals surface area contributed by atoms with Gasteiger partial charge in [-0.1, -0.05) is 6.92 Å². The second kappa shape index (κ2) is 22.2. The van der Waals surface area contributed by atoms with Gasteiger partial charge in [0.2, 0.25) is 0 Å². The van der Waals surface area contributed by atoms with Crippen molar-refractivity contribution in [3.8, 4) is 5.75 Å². The number of aromatic hydroxyl groups is 1.